The summed E-state index contributed by atoms with van der Waals surface area (Å²) >= 11 is 0. The van der Waals surface area contributed by atoms with Crippen molar-refractivity contribution in [2.75, 3.05) is 0 Å². The molecule has 0 aliphatic rings. The summed E-state index contributed by atoms with van der Waals surface area (Å²) in [6.07, 6.45) is 2.66. The first kappa shape index (κ1) is 15.3. The van der Waals surface area contributed by atoms with E-state index < -0.39 is 17.7 Å². The van der Waals surface area contributed by atoms with Crippen LogP contribution in [0.5, 0.6) is 0 Å². The van der Waals surface area contributed by atoms with Gasteiger partial charge in [0.25, 0.3) is 0 Å². The van der Waals surface area contributed by atoms with Gasteiger partial charge >= 0.3 is 6.18 Å². The van der Waals surface area contributed by atoms with Crippen molar-refractivity contribution >= 4 is 5.78 Å². The van der Waals surface area contributed by atoms with Crippen molar-refractivity contribution in [1.82, 2.24) is 23.9 Å². The zero-order valence-electron chi connectivity index (χ0n) is 12.4. The number of imidazole rings is 2. The van der Waals surface area contributed by atoms with Crippen LogP contribution in [0.4, 0.5) is 17.6 Å². The zero-order chi connectivity index (χ0) is 17.6. The van der Waals surface area contributed by atoms with E-state index in [1.807, 2.05) is 0 Å². The molecule has 1 aromatic carbocycles. The molecule has 3 heterocycles. The van der Waals surface area contributed by atoms with Gasteiger partial charge in [-0.1, -0.05) is 0 Å². The van der Waals surface area contributed by atoms with Crippen molar-refractivity contribution in [2.24, 2.45) is 0 Å². The van der Waals surface area contributed by atoms with Gasteiger partial charge in [0.1, 0.15) is 11.5 Å². The van der Waals surface area contributed by atoms with Crippen LogP contribution in [0.15, 0.2) is 55.4 Å². The van der Waals surface area contributed by atoms with Crippen LogP contribution in [0, 0.1) is 5.82 Å². The van der Waals surface area contributed by atoms with Gasteiger partial charge in [-0.25, -0.2) is 19.3 Å². The number of hydrogen-bond donors (Lipinski definition) is 0. The molecule has 0 radical (unpaired) electrons. The van der Waals surface area contributed by atoms with Crippen molar-refractivity contribution in [1.29, 1.82) is 0 Å². The molecule has 25 heavy (non-hydrogen) atoms. The van der Waals surface area contributed by atoms with Gasteiger partial charge in [0.2, 0.25) is 5.78 Å². The normalized spacial score (nSPS) is 12.0. The summed E-state index contributed by atoms with van der Waals surface area (Å²) in [5.74, 6) is -0.536. The molecule has 0 saturated carbocycles. The predicted octanol–water partition coefficient (Wildman–Crippen LogP) is 3.74. The average Bonchev–Trinajstić information content (AvgIpc) is 3.23. The molecule has 3 aromatic heterocycles. The van der Waals surface area contributed by atoms with Gasteiger partial charge < -0.3 is 4.57 Å². The van der Waals surface area contributed by atoms with Crippen LogP contribution in [-0.2, 0) is 6.18 Å². The Morgan fingerprint density at radius 1 is 1.04 bits per heavy atom. The fourth-order valence-corrected chi connectivity index (χ4v) is 2.51. The zero-order valence-corrected chi connectivity index (χ0v) is 12.4. The minimum Gasteiger partial charge on any atom is -0.303 e. The number of halogens is 4. The van der Waals surface area contributed by atoms with Crippen LogP contribution in [0.25, 0.3) is 22.7 Å². The van der Waals surface area contributed by atoms with Crippen LogP contribution >= 0.6 is 0 Å². The number of nitrogens with zero attached hydrogens (tertiary/aromatic N) is 5. The van der Waals surface area contributed by atoms with E-state index in [2.05, 4.69) is 15.0 Å². The van der Waals surface area contributed by atoms with Crippen molar-refractivity contribution in [3.05, 3.63) is 66.9 Å². The van der Waals surface area contributed by atoms with E-state index in [1.165, 1.54) is 46.0 Å². The molecule has 0 bridgehead atoms. The predicted molar refractivity (Wildman–Crippen MR) is 80.5 cm³/mol. The lowest BCUT2D eigenvalue weighted by atomic mass is 10.1. The van der Waals surface area contributed by atoms with E-state index in [0.29, 0.717) is 11.3 Å². The van der Waals surface area contributed by atoms with E-state index in [9.17, 15) is 17.6 Å². The second-order valence-corrected chi connectivity index (χ2v) is 5.26. The number of alkyl halides is 3. The largest absolute Gasteiger partial charge is 0.433 e. The highest BCUT2D eigenvalue weighted by atomic mass is 19.4. The summed E-state index contributed by atoms with van der Waals surface area (Å²) in [7, 11) is 0. The number of benzene rings is 1. The molecular formula is C16H9F4N5. The van der Waals surface area contributed by atoms with Gasteiger partial charge in [0.05, 0.1) is 23.9 Å². The van der Waals surface area contributed by atoms with E-state index in [-0.39, 0.29) is 11.5 Å². The first-order chi connectivity index (χ1) is 11.9. The van der Waals surface area contributed by atoms with Gasteiger partial charge in [-0.3, -0.25) is 4.40 Å². The highest BCUT2D eigenvalue weighted by Gasteiger charge is 2.33. The third-order valence-corrected chi connectivity index (χ3v) is 3.69. The molecule has 0 aliphatic carbocycles. The van der Waals surface area contributed by atoms with Crippen LogP contribution in [0.3, 0.4) is 0 Å². The molecule has 5 nitrogen and oxygen atoms in total. The second kappa shape index (κ2) is 5.40. The lowest BCUT2D eigenvalue weighted by molar-refractivity contribution is -0.141. The fraction of sp³-hybridized carbons (Fsp3) is 0.0625. The maximum Gasteiger partial charge on any atom is 0.433 e. The molecule has 0 N–H and O–H groups in total. The van der Waals surface area contributed by atoms with Crippen LogP contribution in [0.2, 0.25) is 0 Å². The van der Waals surface area contributed by atoms with E-state index >= 15 is 0 Å². The Morgan fingerprint density at radius 2 is 1.88 bits per heavy atom. The molecule has 0 fully saturated rings. The minimum atomic E-state index is -4.54. The summed E-state index contributed by atoms with van der Waals surface area (Å²) < 4.78 is 55.2. The Balaban J connectivity index is 1.84. The van der Waals surface area contributed by atoms with Gasteiger partial charge in [-0.15, -0.1) is 0 Å². The lowest BCUT2D eigenvalue weighted by Gasteiger charge is -2.08. The first-order valence-electron chi connectivity index (χ1n) is 7.13. The van der Waals surface area contributed by atoms with Gasteiger partial charge in [-0.05, 0) is 24.3 Å². The molecule has 9 heteroatoms. The average molecular weight is 347 g/mol. The molecule has 0 atom stereocenters. The van der Waals surface area contributed by atoms with E-state index in [0.717, 1.165) is 6.07 Å². The molecule has 4 rings (SSSR count). The van der Waals surface area contributed by atoms with Gasteiger partial charge in [0, 0.05) is 24.2 Å². The molecule has 4 aromatic rings. The third kappa shape index (κ3) is 2.63. The first-order valence-corrected chi connectivity index (χ1v) is 7.13. The SMILES string of the molecule is Fc1ccc(-c2cnc3nc(C(F)(F)F)ccn23)cc1-n1ccnc1. The third-order valence-electron chi connectivity index (χ3n) is 3.69. The fourth-order valence-electron chi connectivity index (χ4n) is 2.51. The molecule has 0 saturated heterocycles. The number of fused-ring (bicyclic) bond motifs is 1. The number of hydrogen-bond acceptors (Lipinski definition) is 3. The Kier molecular flexibility index (Phi) is 3.31. The Hall–Kier alpha value is -3.23. The Labute approximate surface area is 138 Å². The summed E-state index contributed by atoms with van der Waals surface area (Å²) in [4.78, 5) is 11.3. The number of aromatic nitrogens is 5. The lowest BCUT2D eigenvalue weighted by Crippen LogP contribution is -2.09. The quantitative estimate of drug-likeness (QED) is 0.519. The van der Waals surface area contributed by atoms with Crippen molar-refractivity contribution in [2.45, 2.75) is 6.18 Å². The molecular weight excluding hydrogens is 338 g/mol. The minimum absolute atomic E-state index is 0.0849. The maximum absolute atomic E-state index is 14.1. The molecule has 126 valence electrons. The second-order valence-electron chi connectivity index (χ2n) is 5.26. The van der Waals surface area contributed by atoms with Crippen molar-refractivity contribution < 1.29 is 17.6 Å². The number of rotatable bonds is 2. The van der Waals surface area contributed by atoms with E-state index in [4.69, 9.17) is 0 Å². The van der Waals surface area contributed by atoms with Crippen LogP contribution < -0.4 is 0 Å². The topological polar surface area (TPSA) is 48.0 Å². The standard InChI is InChI=1S/C16H9F4N5/c17-11-2-1-10(7-12(11)24-6-4-21-9-24)13-8-22-15-23-14(16(18,19)20)3-5-25(13)15/h1-9H. The smallest absolute Gasteiger partial charge is 0.303 e. The summed E-state index contributed by atoms with van der Waals surface area (Å²) in [6, 6.07) is 5.25. The molecule has 0 amide bonds. The summed E-state index contributed by atoms with van der Waals surface area (Å²) in [5.41, 5.74) is 0.330. The summed E-state index contributed by atoms with van der Waals surface area (Å²) in [5, 5.41) is 0. The molecule has 0 unspecified atom stereocenters. The van der Waals surface area contributed by atoms with Crippen LogP contribution in [0.1, 0.15) is 5.69 Å². The van der Waals surface area contributed by atoms with Gasteiger partial charge in [0.15, 0.2) is 0 Å². The van der Waals surface area contributed by atoms with Crippen LogP contribution in [-0.4, -0.2) is 23.9 Å². The van der Waals surface area contributed by atoms with Crippen molar-refractivity contribution in [3.8, 4) is 16.9 Å². The maximum atomic E-state index is 14.1. The van der Waals surface area contributed by atoms with Crippen molar-refractivity contribution in [3.63, 3.8) is 0 Å². The molecule has 0 aliphatic heterocycles. The van der Waals surface area contributed by atoms with E-state index in [1.54, 1.807) is 12.3 Å². The molecule has 0 spiro atoms. The Bertz CT molecular complexity index is 1050. The van der Waals surface area contributed by atoms with Gasteiger partial charge in [-0.2, -0.15) is 13.2 Å². The highest BCUT2D eigenvalue weighted by molar-refractivity contribution is 5.65. The monoisotopic (exact) mass is 347 g/mol. The Morgan fingerprint density at radius 3 is 2.60 bits per heavy atom. The highest BCUT2D eigenvalue weighted by Crippen LogP contribution is 2.29. The summed E-state index contributed by atoms with van der Waals surface area (Å²) in [6.45, 7) is 0.